The predicted octanol–water partition coefficient (Wildman–Crippen LogP) is 1.66. The molecule has 140 valence electrons. The van der Waals surface area contributed by atoms with Crippen molar-refractivity contribution < 1.29 is 26.8 Å². The van der Waals surface area contributed by atoms with Gasteiger partial charge < -0.3 is 9.15 Å². The fraction of sp³-hybridized carbons (Fsp3) is 0.438. The monoisotopic (exact) mass is 383 g/mol. The van der Waals surface area contributed by atoms with E-state index in [4.69, 9.17) is 9.15 Å². The third kappa shape index (κ3) is 3.91. The number of rotatable bonds is 5. The molecule has 1 aliphatic rings. The van der Waals surface area contributed by atoms with E-state index < -0.39 is 27.7 Å². The second kappa shape index (κ2) is 7.50. The summed E-state index contributed by atoms with van der Waals surface area (Å²) in [7, 11) is -3.92. The molecule has 0 atom stereocenters. The molecular formula is C16H18FN3O5S. The summed E-state index contributed by atoms with van der Waals surface area (Å²) in [6, 6.07) is 5.24. The van der Waals surface area contributed by atoms with Gasteiger partial charge in [0.25, 0.3) is 5.89 Å². The molecule has 2 heterocycles. The van der Waals surface area contributed by atoms with Gasteiger partial charge in [0.05, 0.1) is 5.92 Å². The third-order valence-corrected chi connectivity index (χ3v) is 6.08. The Morgan fingerprint density at radius 2 is 2.00 bits per heavy atom. The van der Waals surface area contributed by atoms with E-state index in [9.17, 15) is 17.6 Å². The number of ether oxygens (including phenoxy) is 1. The summed E-state index contributed by atoms with van der Waals surface area (Å²) in [4.78, 5) is 11.8. The van der Waals surface area contributed by atoms with Crippen molar-refractivity contribution in [3.8, 4) is 0 Å². The number of esters is 1. The van der Waals surface area contributed by atoms with E-state index in [0.717, 1.165) is 6.07 Å². The molecule has 0 radical (unpaired) electrons. The van der Waals surface area contributed by atoms with Gasteiger partial charge in [-0.3, -0.25) is 4.79 Å². The number of aromatic nitrogens is 2. The van der Waals surface area contributed by atoms with Crippen molar-refractivity contribution >= 4 is 16.0 Å². The number of carbonyl (C=O) groups is 1. The van der Waals surface area contributed by atoms with Crippen LogP contribution in [0.15, 0.2) is 33.6 Å². The molecule has 0 spiro atoms. The van der Waals surface area contributed by atoms with Crippen LogP contribution in [0.5, 0.6) is 0 Å². The molecule has 1 aromatic carbocycles. The highest BCUT2D eigenvalue weighted by atomic mass is 32.2. The highest BCUT2D eigenvalue weighted by molar-refractivity contribution is 7.89. The number of nitrogens with zero attached hydrogens (tertiary/aromatic N) is 3. The lowest BCUT2D eigenvalue weighted by Gasteiger charge is -2.30. The molecule has 0 unspecified atom stereocenters. The first-order chi connectivity index (χ1) is 12.4. The largest absolute Gasteiger partial charge is 0.455 e. The van der Waals surface area contributed by atoms with Crippen LogP contribution in [0.1, 0.15) is 24.6 Å². The summed E-state index contributed by atoms with van der Waals surface area (Å²) in [5.74, 6) is -1.07. The lowest BCUT2D eigenvalue weighted by Crippen LogP contribution is -2.40. The summed E-state index contributed by atoms with van der Waals surface area (Å²) in [5.41, 5.74) is 0. The average molecular weight is 383 g/mol. The normalized spacial score (nSPS) is 16.5. The zero-order valence-corrected chi connectivity index (χ0v) is 14.9. The molecule has 1 fully saturated rings. The van der Waals surface area contributed by atoms with Crippen LogP contribution in [0, 0.1) is 18.7 Å². The Kier molecular flexibility index (Phi) is 5.33. The molecule has 8 nitrogen and oxygen atoms in total. The van der Waals surface area contributed by atoms with Crippen LogP contribution in [0.4, 0.5) is 4.39 Å². The lowest BCUT2D eigenvalue weighted by atomic mass is 9.98. The second-order valence-corrected chi connectivity index (χ2v) is 7.84. The molecule has 1 aromatic heterocycles. The molecule has 10 heteroatoms. The van der Waals surface area contributed by atoms with Gasteiger partial charge in [0.1, 0.15) is 10.7 Å². The molecule has 3 rings (SSSR count). The summed E-state index contributed by atoms with van der Waals surface area (Å²) < 4.78 is 50.3. The molecule has 0 N–H and O–H groups in total. The van der Waals surface area contributed by atoms with Crippen LogP contribution in [-0.4, -0.2) is 42.0 Å². The van der Waals surface area contributed by atoms with Crippen molar-refractivity contribution in [1.82, 2.24) is 14.5 Å². The zero-order chi connectivity index (χ0) is 18.7. The number of halogens is 1. The summed E-state index contributed by atoms with van der Waals surface area (Å²) in [5, 5.41) is 7.37. The molecule has 0 bridgehead atoms. The highest BCUT2D eigenvalue weighted by Crippen LogP contribution is 2.26. The molecule has 0 amide bonds. The van der Waals surface area contributed by atoms with Crippen LogP contribution in [0.25, 0.3) is 0 Å². The molecule has 0 aliphatic carbocycles. The fourth-order valence-corrected chi connectivity index (χ4v) is 4.31. The third-order valence-electron chi connectivity index (χ3n) is 4.15. The number of hydrogen-bond acceptors (Lipinski definition) is 7. The van der Waals surface area contributed by atoms with Gasteiger partial charge in [0.2, 0.25) is 15.9 Å². The van der Waals surface area contributed by atoms with Gasteiger partial charge in [-0.1, -0.05) is 12.1 Å². The number of sulfonamides is 1. The van der Waals surface area contributed by atoms with Crippen molar-refractivity contribution in [1.29, 1.82) is 0 Å². The second-order valence-electron chi connectivity index (χ2n) is 5.93. The van der Waals surface area contributed by atoms with Gasteiger partial charge in [-0.05, 0) is 25.0 Å². The molecular weight excluding hydrogens is 365 g/mol. The SMILES string of the molecule is Cc1nnc(COC(=O)C2CCN(S(=O)(=O)c3ccccc3F)CC2)o1. The topological polar surface area (TPSA) is 103 Å². The molecule has 0 saturated carbocycles. The Balaban J connectivity index is 1.57. The number of aryl methyl sites for hydroxylation is 1. The Morgan fingerprint density at radius 1 is 1.31 bits per heavy atom. The van der Waals surface area contributed by atoms with E-state index in [-0.39, 0.29) is 30.5 Å². The molecule has 26 heavy (non-hydrogen) atoms. The van der Waals surface area contributed by atoms with Crippen molar-refractivity contribution in [3.05, 3.63) is 41.9 Å². The van der Waals surface area contributed by atoms with Crippen molar-refractivity contribution in [2.75, 3.05) is 13.1 Å². The van der Waals surface area contributed by atoms with E-state index in [2.05, 4.69) is 10.2 Å². The molecule has 2 aromatic rings. The van der Waals surface area contributed by atoms with E-state index in [1.54, 1.807) is 6.92 Å². The van der Waals surface area contributed by atoms with Crippen LogP contribution in [0.2, 0.25) is 0 Å². The van der Waals surface area contributed by atoms with Gasteiger partial charge in [0, 0.05) is 20.0 Å². The van der Waals surface area contributed by atoms with E-state index in [1.807, 2.05) is 0 Å². The van der Waals surface area contributed by atoms with Crippen LogP contribution in [-0.2, 0) is 26.2 Å². The first kappa shape index (κ1) is 18.5. The van der Waals surface area contributed by atoms with Gasteiger partial charge in [-0.15, -0.1) is 10.2 Å². The minimum Gasteiger partial charge on any atom is -0.455 e. The highest BCUT2D eigenvalue weighted by Gasteiger charge is 2.34. The molecule has 1 aliphatic heterocycles. The zero-order valence-electron chi connectivity index (χ0n) is 14.1. The van der Waals surface area contributed by atoms with Crippen molar-refractivity contribution in [3.63, 3.8) is 0 Å². The smallest absolute Gasteiger partial charge is 0.309 e. The predicted molar refractivity (Wildman–Crippen MR) is 86.7 cm³/mol. The minimum absolute atomic E-state index is 0.118. The Morgan fingerprint density at radius 3 is 2.62 bits per heavy atom. The van der Waals surface area contributed by atoms with E-state index in [0.29, 0.717) is 18.7 Å². The average Bonchev–Trinajstić information content (AvgIpc) is 3.05. The standard InChI is InChI=1S/C16H18FN3O5S/c1-11-18-19-15(25-11)10-24-16(21)12-6-8-20(9-7-12)26(22,23)14-5-3-2-4-13(14)17/h2-5,12H,6-10H2,1H3. The fourth-order valence-electron chi connectivity index (χ4n) is 2.77. The van der Waals surface area contributed by atoms with Crippen LogP contribution < -0.4 is 0 Å². The number of benzene rings is 1. The first-order valence-corrected chi connectivity index (χ1v) is 9.52. The minimum atomic E-state index is -3.92. The summed E-state index contributed by atoms with van der Waals surface area (Å²) in [6.45, 7) is 1.75. The quantitative estimate of drug-likeness (QED) is 0.724. The Labute approximate surface area is 150 Å². The molecule has 1 saturated heterocycles. The maximum atomic E-state index is 13.8. The Hall–Kier alpha value is -2.33. The van der Waals surface area contributed by atoms with E-state index >= 15 is 0 Å². The lowest BCUT2D eigenvalue weighted by molar-refractivity contribution is -0.151. The van der Waals surface area contributed by atoms with Crippen LogP contribution >= 0.6 is 0 Å². The maximum Gasteiger partial charge on any atom is 0.309 e. The van der Waals surface area contributed by atoms with Crippen molar-refractivity contribution in [2.45, 2.75) is 31.3 Å². The van der Waals surface area contributed by atoms with Gasteiger partial charge in [-0.2, -0.15) is 4.31 Å². The number of piperidine rings is 1. The Bertz CT molecular complexity index is 891. The van der Waals surface area contributed by atoms with Gasteiger partial charge in [0.15, 0.2) is 6.61 Å². The van der Waals surface area contributed by atoms with Crippen LogP contribution in [0.3, 0.4) is 0 Å². The summed E-state index contributed by atoms with van der Waals surface area (Å²) >= 11 is 0. The van der Waals surface area contributed by atoms with Crippen molar-refractivity contribution in [2.24, 2.45) is 5.92 Å². The number of carbonyl (C=O) groups excluding carboxylic acids is 1. The summed E-state index contributed by atoms with van der Waals surface area (Å²) in [6.07, 6.45) is 0.602. The maximum absolute atomic E-state index is 13.8. The number of hydrogen-bond donors (Lipinski definition) is 0. The first-order valence-electron chi connectivity index (χ1n) is 8.08. The van der Waals surface area contributed by atoms with Gasteiger partial charge >= 0.3 is 5.97 Å². The van der Waals surface area contributed by atoms with Gasteiger partial charge in [-0.25, -0.2) is 12.8 Å². The van der Waals surface area contributed by atoms with E-state index in [1.165, 1.54) is 22.5 Å².